The van der Waals surface area contributed by atoms with E-state index >= 15 is 0 Å². The summed E-state index contributed by atoms with van der Waals surface area (Å²) in [5, 5.41) is 0. The number of esters is 1. The standard InChI is InChI=1S/C13H24O2.Li/c1-3-5-6-7-8-9-10-11-12-15-13(14)4-2;/h4H,2-3,5-12H2,1H3;. The van der Waals surface area contributed by atoms with Gasteiger partial charge in [0.15, 0.2) is 0 Å². The Bertz CT molecular complexity index is 169. The van der Waals surface area contributed by atoms with Crippen LogP contribution in [0.2, 0.25) is 0 Å². The van der Waals surface area contributed by atoms with Crippen molar-refractivity contribution < 1.29 is 9.53 Å². The average molecular weight is 219 g/mol. The molecule has 0 rings (SSSR count). The molecule has 0 aromatic rings. The second-order valence-electron chi connectivity index (χ2n) is 3.85. The summed E-state index contributed by atoms with van der Waals surface area (Å²) in [4.78, 5) is 10.7. The predicted molar refractivity (Wildman–Crippen MR) is 69.5 cm³/mol. The molecule has 0 saturated heterocycles. The molecule has 3 heteroatoms. The van der Waals surface area contributed by atoms with Gasteiger partial charge in [-0.2, -0.15) is 0 Å². The average Bonchev–Trinajstić information content (AvgIpc) is 2.26. The summed E-state index contributed by atoms with van der Waals surface area (Å²) in [5.74, 6) is -0.307. The summed E-state index contributed by atoms with van der Waals surface area (Å²) in [5.41, 5.74) is 0. The Kier molecular flexibility index (Phi) is 16.8. The van der Waals surface area contributed by atoms with Crippen molar-refractivity contribution in [2.75, 3.05) is 6.61 Å². The Morgan fingerprint density at radius 2 is 1.56 bits per heavy atom. The van der Waals surface area contributed by atoms with Crippen molar-refractivity contribution in [2.45, 2.75) is 58.3 Å². The molecule has 0 aromatic heterocycles. The van der Waals surface area contributed by atoms with E-state index in [2.05, 4.69) is 13.5 Å². The molecule has 0 saturated carbocycles. The van der Waals surface area contributed by atoms with Gasteiger partial charge < -0.3 is 4.74 Å². The van der Waals surface area contributed by atoms with Crippen LogP contribution < -0.4 is 0 Å². The Balaban J connectivity index is 0. The molecular weight excluding hydrogens is 195 g/mol. The van der Waals surface area contributed by atoms with Crippen LogP contribution >= 0.6 is 0 Å². The first-order valence-corrected chi connectivity index (χ1v) is 6.10. The molecule has 0 aliphatic heterocycles. The number of rotatable bonds is 10. The molecule has 0 atom stereocenters. The van der Waals surface area contributed by atoms with E-state index in [1.807, 2.05) is 0 Å². The van der Waals surface area contributed by atoms with Crippen molar-refractivity contribution in [3.05, 3.63) is 12.7 Å². The summed E-state index contributed by atoms with van der Waals surface area (Å²) in [7, 11) is 0. The van der Waals surface area contributed by atoms with Gasteiger partial charge >= 0.3 is 5.97 Å². The molecule has 0 heterocycles. The van der Waals surface area contributed by atoms with E-state index in [9.17, 15) is 4.79 Å². The minimum Gasteiger partial charge on any atom is -0.463 e. The van der Waals surface area contributed by atoms with Crippen LogP contribution in [0.5, 0.6) is 0 Å². The Morgan fingerprint density at radius 1 is 1.06 bits per heavy atom. The van der Waals surface area contributed by atoms with E-state index in [1.165, 1.54) is 44.6 Å². The first kappa shape index (κ1) is 18.2. The maximum Gasteiger partial charge on any atom is 0.330 e. The number of carbonyl (C=O) groups excluding carboxylic acids is 1. The van der Waals surface area contributed by atoms with Gasteiger partial charge in [0.05, 0.1) is 6.61 Å². The molecule has 0 unspecified atom stereocenters. The van der Waals surface area contributed by atoms with Crippen molar-refractivity contribution in [3.63, 3.8) is 0 Å². The van der Waals surface area contributed by atoms with Crippen molar-refractivity contribution in [1.82, 2.24) is 0 Å². The molecule has 0 aliphatic carbocycles. The van der Waals surface area contributed by atoms with Gasteiger partial charge in [0.25, 0.3) is 0 Å². The molecule has 0 aromatic carbocycles. The molecule has 1 radical (unpaired) electrons. The van der Waals surface area contributed by atoms with Gasteiger partial charge in [-0.15, -0.1) is 0 Å². The fourth-order valence-corrected chi connectivity index (χ4v) is 1.47. The summed E-state index contributed by atoms with van der Waals surface area (Å²) in [6, 6.07) is 0. The van der Waals surface area contributed by atoms with Crippen LogP contribution in [0.4, 0.5) is 0 Å². The minimum atomic E-state index is -0.307. The number of ether oxygens (including phenoxy) is 1. The zero-order chi connectivity index (χ0) is 11.4. The van der Waals surface area contributed by atoms with Crippen LogP contribution in [-0.4, -0.2) is 31.4 Å². The van der Waals surface area contributed by atoms with Crippen LogP contribution in [-0.2, 0) is 9.53 Å². The molecule has 0 aliphatic rings. The number of carbonyl (C=O) groups is 1. The summed E-state index contributed by atoms with van der Waals surface area (Å²) >= 11 is 0. The number of unbranched alkanes of at least 4 members (excludes halogenated alkanes) is 7. The SMILES string of the molecule is C=CC(=O)OCCCCCCCCCC.[Li]. The van der Waals surface area contributed by atoms with Gasteiger partial charge in [-0.05, 0) is 6.42 Å². The molecule has 0 fully saturated rings. The summed E-state index contributed by atoms with van der Waals surface area (Å²) < 4.78 is 4.88. The molecular formula is C13H24LiO2. The van der Waals surface area contributed by atoms with Crippen LogP contribution in [0.3, 0.4) is 0 Å². The molecule has 16 heavy (non-hydrogen) atoms. The van der Waals surface area contributed by atoms with E-state index in [0.29, 0.717) is 6.61 Å². The maximum absolute atomic E-state index is 10.7. The van der Waals surface area contributed by atoms with E-state index in [4.69, 9.17) is 4.74 Å². The quantitative estimate of drug-likeness (QED) is 0.243. The molecule has 0 N–H and O–H groups in total. The Hall–Kier alpha value is -0.193. The zero-order valence-electron chi connectivity index (χ0n) is 11.0. The fourth-order valence-electron chi connectivity index (χ4n) is 1.47. The molecule has 0 bridgehead atoms. The van der Waals surface area contributed by atoms with Crippen molar-refractivity contribution in [3.8, 4) is 0 Å². The second kappa shape index (κ2) is 14.8. The molecule has 2 nitrogen and oxygen atoms in total. The van der Waals surface area contributed by atoms with Crippen LogP contribution in [0.1, 0.15) is 58.3 Å². The molecule has 0 spiro atoms. The van der Waals surface area contributed by atoms with Gasteiger partial charge in [0.1, 0.15) is 0 Å². The van der Waals surface area contributed by atoms with E-state index in [0.717, 1.165) is 12.8 Å². The van der Waals surface area contributed by atoms with Gasteiger partial charge in [0.2, 0.25) is 0 Å². The van der Waals surface area contributed by atoms with Gasteiger partial charge in [-0.3, -0.25) is 0 Å². The Morgan fingerprint density at radius 3 is 2.06 bits per heavy atom. The first-order chi connectivity index (χ1) is 7.31. The summed E-state index contributed by atoms with van der Waals surface area (Å²) in [6.45, 7) is 6.11. The zero-order valence-corrected chi connectivity index (χ0v) is 11.0. The van der Waals surface area contributed by atoms with E-state index in [1.54, 1.807) is 0 Å². The minimum absolute atomic E-state index is 0. The number of hydrogen-bond donors (Lipinski definition) is 0. The predicted octanol–water partition coefficient (Wildman–Crippen LogP) is 3.48. The van der Waals surface area contributed by atoms with Crippen molar-refractivity contribution in [2.24, 2.45) is 0 Å². The van der Waals surface area contributed by atoms with E-state index in [-0.39, 0.29) is 24.8 Å². The third-order valence-electron chi connectivity index (χ3n) is 2.41. The summed E-state index contributed by atoms with van der Waals surface area (Å²) in [6.07, 6.45) is 11.3. The van der Waals surface area contributed by atoms with Gasteiger partial charge in [0, 0.05) is 24.9 Å². The molecule has 0 amide bonds. The van der Waals surface area contributed by atoms with Crippen LogP contribution in [0.25, 0.3) is 0 Å². The third-order valence-corrected chi connectivity index (χ3v) is 2.41. The van der Waals surface area contributed by atoms with Crippen LogP contribution in [0.15, 0.2) is 12.7 Å². The third kappa shape index (κ3) is 13.8. The van der Waals surface area contributed by atoms with E-state index < -0.39 is 0 Å². The molecule has 89 valence electrons. The van der Waals surface area contributed by atoms with Crippen molar-refractivity contribution in [1.29, 1.82) is 0 Å². The monoisotopic (exact) mass is 219 g/mol. The largest absolute Gasteiger partial charge is 0.463 e. The van der Waals surface area contributed by atoms with Gasteiger partial charge in [-0.25, -0.2) is 4.79 Å². The smallest absolute Gasteiger partial charge is 0.330 e. The second-order valence-corrected chi connectivity index (χ2v) is 3.85. The Labute approximate surface area is 112 Å². The topological polar surface area (TPSA) is 26.3 Å². The fraction of sp³-hybridized carbons (Fsp3) is 0.769. The number of hydrogen-bond acceptors (Lipinski definition) is 2. The normalized spacial score (nSPS) is 9.31. The van der Waals surface area contributed by atoms with Crippen LogP contribution in [0, 0.1) is 0 Å². The van der Waals surface area contributed by atoms with Crippen molar-refractivity contribution >= 4 is 24.8 Å². The first-order valence-electron chi connectivity index (χ1n) is 6.10. The maximum atomic E-state index is 10.7. The van der Waals surface area contributed by atoms with Gasteiger partial charge in [-0.1, -0.05) is 58.4 Å².